The van der Waals surface area contributed by atoms with E-state index in [4.69, 9.17) is 0 Å². The molecule has 0 spiro atoms. The third kappa shape index (κ3) is 6.07. The zero-order valence-corrected chi connectivity index (χ0v) is 18.8. The molecule has 0 bridgehead atoms. The molecule has 1 aliphatic rings. The highest BCUT2D eigenvalue weighted by Crippen LogP contribution is 2.51. The molecule has 1 rings (SSSR count). The van der Waals surface area contributed by atoms with Gasteiger partial charge in [-0.05, 0) is 0 Å². The maximum absolute atomic E-state index is 14.2. The molecule has 0 aliphatic carbocycles. The maximum Gasteiger partial charge on any atom is 0.512 e. The van der Waals surface area contributed by atoms with Crippen LogP contribution in [0.4, 0.5) is 52.7 Å². The molecule has 0 amide bonds. The van der Waals surface area contributed by atoms with Gasteiger partial charge in [0, 0.05) is 32.7 Å². The Labute approximate surface area is 189 Å². The SMILES string of the molecule is O=S(=O)(NS(=O)(=O)C(F)(F)C(F)(F)C(F)(F)S(=O)(=O)N1CCN(CCC(F)(F)F)CC1)C(F)(F)F. The van der Waals surface area contributed by atoms with Crippen LogP contribution in [0.15, 0.2) is 0 Å². The van der Waals surface area contributed by atoms with Crippen LogP contribution in [-0.2, 0) is 30.1 Å². The first-order chi connectivity index (χ1) is 15.1. The minimum Gasteiger partial charge on any atom is -0.300 e. The summed E-state index contributed by atoms with van der Waals surface area (Å²) in [6, 6.07) is 0. The molecule has 0 aromatic rings. The van der Waals surface area contributed by atoms with Crippen molar-refractivity contribution in [2.45, 2.75) is 34.5 Å². The highest BCUT2D eigenvalue weighted by atomic mass is 32.3. The zero-order chi connectivity index (χ0) is 28.1. The van der Waals surface area contributed by atoms with E-state index in [2.05, 4.69) is 0 Å². The first-order valence-electron chi connectivity index (χ1n) is 8.41. The van der Waals surface area contributed by atoms with Gasteiger partial charge in [-0.2, -0.15) is 57.0 Å². The fourth-order valence-electron chi connectivity index (χ4n) is 2.38. The summed E-state index contributed by atoms with van der Waals surface area (Å²) in [5.74, 6) is -7.56. The molecule has 0 aromatic heterocycles. The fourth-order valence-corrected chi connectivity index (χ4v) is 6.29. The standard InChI is InChI=1S/C11H13F12N3O6S3/c12-7(13,14)1-2-25-3-5-26(6-4-25)35(31,32)10(19,20)8(15,16)9(17,18)33(27,28)24-34(29,30)11(21,22)23/h24H,1-6H2. The molecule has 1 aliphatic heterocycles. The van der Waals surface area contributed by atoms with Gasteiger partial charge in [-0.15, -0.1) is 0 Å². The lowest BCUT2D eigenvalue weighted by Gasteiger charge is -2.38. The number of hydrogen-bond acceptors (Lipinski definition) is 7. The predicted octanol–water partition coefficient (Wildman–Crippen LogP) is 1.48. The fraction of sp³-hybridized carbons (Fsp3) is 1.00. The van der Waals surface area contributed by atoms with Gasteiger partial charge in [0.05, 0.1) is 6.42 Å². The van der Waals surface area contributed by atoms with Crippen LogP contribution >= 0.6 is 0 Å². The van der Waals surface area contributed by atoms with Crippen molar-refractivity contribution in [3.8, 4) is 0 Å². The number of hydrogen-bond donors (Lipinski definition) is 1. The van der Waals surface area contributed by atoms with Crippen molar-refractivity contribution in [1.82, 2.24) is 13.3 Å². The third-order valence-corrected chi connectivity index (χ3v) is 9.54. The summed E-state index contributed by atoms with van der Waals surface area (Å²) in [4.78, 5) is 0.848. The molecule has 1 heterocycles. The summed E-state index contributed by atoms with van der Waals surface area (Å²) in [6.45, 7) is -4.83. The van der Waals surface area contributed by atoms with Crippen LogP contribution in [0.1, 0.15) is 6.42 Å². The smallest absolute Gasteiger partial charge is 0.300 e. The lowest BCUT2D eigenvalue weighted by molar-refractivity contribution is -0.245. The van der Waals surface area contributed by atoms with Crippen molar-refractivity contribution in [3.05, 3.63) is 0 Å². The minimum atomic E-state index is -7.88. The average Bonchev–Trinajstić information content (AvgIpc) is 2.63. The Morgan fingerprint density at radius 1 is 0.629 bits per heavy atom. The molecule has 35 heavy (non-hydrogen) atoms. The van der Waals surface area contributed by atoms with E-state index < -0.39 is 106 Å². The molecule has 1 fully saturated rings. The minimum absolute atomic E-state index is 0.576. The van der Waals surface area contributed by atoms with Crippen molar-refractivity contribution in [2.24, 2.45) is 0 Å². The van der Waals surface area contributed by atoms with Crippen LogP contribution in [0.5, 0.6) is 0 Å². The van der Waals surface area contributed by atoms with E-state index in [9.17, 15) is 77.9 Å². The Hall–Kier alpha value is -1.11. The third-order valence-electron chi connectivity index (χ3n) is 4.30. The van der Waals surface area contributed by atoms with Crippen molar-refractivity contribution in [1.29, 1.82) is 0 Å². The van der Waals surface area contributed by atoms with Crippen LogP contribution in [0.3, 0.4) is 0 Å². The molecule has 0 unspecified atom stereocenters. The summed E-state index contributed by atoms with van der Waals surface area (Å²) in [7, 11) is -22.2. The Morgan fingerprint density at radius 2 is 1.06 bits per heavy atom. The van der Waals surface area contributed by atoms with E-state index in [-0.39, 0.29) is 0 Å². The molecular formula is C11H13F12N3O6S3. The lowest BCUT2D eigenvalue weighted by Crippen LogP contribution is -2.66. The topological polar surface area (TPSA) is 121 Å². The molecule has 0 radical (unpaired) electrons. The Balaban J connectivity index is 3.24. The monoisotopic (exact) mass is 607 g/mol. The van der Waals surface area contributed by atoms with Gasteiger partial charge < -0.3 is 4.90 Å². The van der Waals surface area contributed by atoms with Gasteiger partial charge in [-0.3, -0.25) is 0 Å². The number of nitrogens with one attached hydrogen (secondary N) is 1. The van der Waals surface area contributed by atoms with E-state index in [0.717, 1.165) is 4.90 Å². The molecule has 1 N–H and O–H groups in total. The van der Waals surface area contributed by atoms with Gasteiger partial charge in [-0.25, -0.2) is 25.3 Å². The van der Waals surface area contributed by atoms with Gasteiger partial charge in [0.1, 0.15) is 0 Å². The van der Waals surface area contributed by atoms with E-state index in [1.54, 1.807) is 0 Å². The quantitative estimate of drug-likeness (QED) is 0.395. The summed E-state index contributed by atoms with van der Waals surface area (Å²) < 4.78 is 224. The molecular weight excluding hydrogens is 594 g/mol. The number of rotatable bonds is 9. The number of sulfonamides is 3. The highest BCUT2D eigenvalue weighted by Gasteiger charge is 2.83. The molecule has 9 nitrogen and oxygen atoms in total. The number of alkyl halides is 12. The van der Waals surface area contributed by atoms with Gasteiger partial charge in [-0.1, -0.05) is 4.13 Å². The van der Waals surface area contributed by atoms with Crippen LogP contribution < -0.4 is 4.13 Å². The van der Waals surface area contributed by atoms with E-state index in [1.807, 2.05) is 0 Å². The van der Waals surface area contributed by atoms with Crippen molar-refractivity contribution in [3.63, 3.8) is 0 Å². The summed E-state index contributed by atoms with van der Waals surface area (Å²) in [5, 5.41) is -14.5. The zero-order valence-electron chi connectivity index (χ0n) is 16.3. The molecule has 24 heteroatoms. The summed E-state index contributed by atoms with van der Waals surface area (Å²) >= 11 is 0. The van der Waals surface area contributed by atoms with E-state index in [0.29, 0.717) is 0 Å². The number of halogens is 12. The predicted molar refractivity (Wildman–Crippen MR) is 89.5 cm³/mol. The normalized spacial score (nSPS) is 19.2. The first-order valence-corrected chi connectivity index (χ1v) is 12.8. The van der Waals surface area contributed by atoms with Crippen molar-refractivity contribution < 1.29 is 77.9 Å². The largest absolute Gasteiger partial charge is 0.512 e. The molecule has 0 aromatic carbocycles. The van der Waals surface area contributed by atoms with Crippen molar-refractivity contribution in [2.75, 3.05) is 32.7 Å². The first kappa shape index (κ1) is 31.9. The second-order valence-electron chi connectivity index (χ2n) is 6.75. The van der Waals surface area contributed by atoms with E-state index >= 15 is 0 Å². The van der Waals surface area contributed by atoms with Gasteiger partial charge in [0.25, 0.3) is 20.0 Å². The second kappa shape index (κ2) is 9.33. The number of piperazine rings is 1. The van der Waals surface area contributed by atoms with Crippen LogP contribution in [-0.4, -0.2) is 95.3 Å². The maximum atomic E-state index is 14.2. The van der Waals surface area contributed by atoms with Gasteiger partial charge in [0.2, 0.25) is 0 Å². The second-order valence-corrected chi connectivity index (χ2v) is 12.4. The number of nitrogens with zero attached hydrogens (tertiary/aromatic N) is 2. The molecule has 210 valence electrons. The van der Waals surface area contributed by atoms with Crippen LogP contribution in [0.2, 0.25) is 0 Å². The Morgan fingerprint density at radius 3 is 1.43 bits per heavy atom. The van der Waals surface area contributed by atoms with Gasteiger partial charge in [0.15, 0.2) is 0 Å². The summed E-state index contributed by atoms with van der Waals surface area (Å²) in [5.41, 5.74) is -6.69. The Kier molecular flexibility index (Phi) is 8.50. The Bertz CT molecular complexity index is 1090. The summed E-state index contributed by atoms with van der Waals surface area (Å²) in [6.07, 6.45) is -6.12. The van der Waals surface area contributed by atoms with Crippen LogP contribution in [0.25, 0.3) is 0 Å². The highest BCUT2D eigenvalue weighted by molar-refractivity contribution is 8.05. The van der Waals surface area contributed by atoms with E-state index in [1.165, 1.54) is 0 Å². The van der Waals surface area contributed by atoms with Crippen LogP contribution in [0, 0.1) is 0 Å². The lowest BCUT2D eigenvalue weighted by atomic mass is 10.3. The van der Waals surface area contributed by atoms with Gasteiger partial charge >= 0.3 is 38.1 Å². The molecule has 0 saturated carbocycles. The molecule has 0 atom stereocenters. The average molecular weight is 607 g/mol. The van der Waals surface area contributed by atoms with Crippen molar-refractivity contribution >= 4 is 30.1 Å². The molecule has 1 saturated heterocycles.